The standard InChI is InChI=1S/C15H17N3O2S/c1-8-7-21-15(16-9(8)2)17-10-4-5-11-12(6-10)14(20)18(3)13(11)19/h4-6,8-9H,7H2,1-3H3,(H,16,17). The highest BCUT2D eigenvalue weighted by Gasteiger charge is 2.32. The van der Waals surface area contributed by atoms with Crippen molar-refractivity contribution in [3.05, 3.63) is 29.3 Å². The van der Waals surface area contributed by atoms with E-state index in [1.807, 2.05) is 6.07 Å². The Morgan fingerprint density at radius 3 is 2.67 bits per heavy atom. The molecule has 3 rings (SSSR count). The van der Waals surface area contributed by atoms with Crippen LogP contribution in [0.5, 0.6) is 0 Å². The summed E-state index contributed by atoms with van der Waals surface area (Å²) in [6, 6.07) is 5.53. The monoisotopic (exact) mass is 303 g/mol. The molecule has 2 amide bonds. The van der Waals surface area contributed by atoms with E-state index in [0.717, 1.165) is 21.5 Å². The molecule has 2 aliphatic rings. The molecule has 5 nitrogen and oxygen atoms in total. The molecule has 2 atom stereocenters. The molecule has 1 aromatic carbocycles. The summed E-state index contributed by atoms with van der Waals surface area (Å²) >= 11 is 1.68. The summed E-state index contributed by atoms with van der Waals surface area (Å²) in [4.78, 5) is 29.6. The Kier molecular flexibility index (Phi) is 3.49. The highest BCUT2D eigenvalue weighted by atomic mass is 32.2. The van der Waals surface area contributed by atoms with E-state index in [2.05, 4.69) is 24.2 Å². The zero-order valence-electron chi connectivity index (χ0n) is 12.2. The predicted molar refractivity (Wildman–Crippen MR) is 85.0 cm³/mol. The lowest BCUT2D eigenvalue weighted by atomic mass is 10.1. The average molecular weight is 303 g/mol. The maximum atomic E-state index is 12.0. The Morgan fingerprint density at radius 2 is 1.95 bits per heavy atom. The normalized spacial score (nSPS) is 24.9. The van der Waals surface area contributed by atoms with Gasteiger partial charge in [0.1, 0.15) is 0 Å². The number of nitrogens with zero attached hydrogens (tertiary/aromatic N) is 2. The van der Waals surface area contributed by atoms with Crippen LogP contribution in [0.2, 0.25) is 0 Å². The lowest BCUT2D eigenvalue weighted by Gasteiger charge is -2.23. The lowest BCUT2D eigenvalue weighted by molar-refractivity contribution is 0.0693. The van der Waals surface area contributed by atoms with Gasteiger partial charge in [0.05, 0.1) is 17.2 Å². The fourth-order valence-electron chi connectivity index (χ4n) is 2.33. The number of hydrogen-bond donors (Lipinski definition) is 1. The van der Waals surface area contributed by atoms with Gasteiger partial charge in [0.25, 0.3) is 11.8 Å². The average Bonchev–Trinajstić information content (AvgIpc) is 2.68. The molecule has 6 heteroatoms. The Bertz CT molecular complexity index is 656. The summed E-state index contributed by atoms with van der Waals surface area (Å²) < 4.78 is 0. The van der Waals surface area contributed by atoms with Crippen LogP contribution in [-0.4, -0.2) is 40.7 Å². The molecule has 0 spiro atoms. The molecule has 0 saturated heterocycles. The second kappa shape index (κ2) is 5.18. The van der Waals surface area contributed by atoms with Crippen molar-refractivity contribution < 1.29 is 9.59 Å². The quantitative estimate of drug-likeness (QED) is 0.810. The number of carbonyl (C=O) groups is 2. The molecule has 2 unspecified atom stereocenters. The number of imide groups is 1. The van der Waals surface area contributed by atoms with Crippen LogP contribution in [-0.2, 0) is 0 Å². The van der Waals surface area contributed by atoms with Gasteiger partial charge in [-0.2, -0.15) is 0 Å². The summed E-state index contributed by atoms with van der Waals surface area (Å²) in [6.07, 6.45) is 0. The minimum absolute atomic E-state index is 0.242. The molecule has 0 saturated carbocycles. The first kappa shape index (κ1) is 14.1. The number of benzene rings is 1. The maximum absolute atomic E-state index is 12.0. The Morgan fingerprint density at radius 1 is 1.24 bits per heavy atom. The van der Waals surface area contributed by atoms with Crippen LogP contribution in [0.15, 0.2) is 23.2 Å². The van der Waals surface area contributed by atoms with Gasteiger partial charge in [0, 0.05) is 18.5 Å². The predicted octanol–water partition coefficient (Wildman–Crippen LogP) is 2.45. The van der Waals surface area contributed by atoms with Gasteiger partial charge in [-0.15, -0.1) is 0 Å². The van der Waals surface area contributed by atoms with Crippen LogP contribution in [0.1, 0.15) is 34.6 Å². The van der Waals surface area contributed by atoms with Crippen molar-refractivity contribution in [1.29, 1.82) is 0 Å². The number of thioether (sulfide) groups is 1. The van der Waals surface area contributed by atoms with Gasteiger partial charge in [-0.1, -0.05) is 18.7 Å². The van der Waals surface area contributed by atoms with E-state index in [-0.39, 0.29) is 17.9 Å². The van der Waals surface area contributed by atoms with E-state index in [9.17, 15) is 9.59 Å². The van der Waals surface area contributed by atoms with Crippen LogP contribution in [0.4, 0.5) is 5.69 Å². The first-order valence-corrected chi connectivity index (χ1v) is 7.90. The lowest BCUT2D eigenvalue weighted by Crippen LogP contribution is -2.25. The summed E-state index contributed by atoms with van der Waals surface area (Å²) in [5, 5.41) is 4.11. The number of carbonyl (C=O) groups excluding carboxylic acids is 2. The van der Waals surface area contributed by atoms with E-state index in [0.29, 0.717) is 17.0 Å². The zero-order valence-corrected chi connectivity index (χ0v) is 13.0. The van der Waals surface area contributed by atoms with Gasteiger partial charge in [-0.05, 0) is 31.0 Å². The number of aliphatic imine (C=N–C) groups is 1. The van der Waals surface area contributed by atoms with E-state index in [1.165, 1.54) is 7.05 Å². The first-order valence-electron chi connectivity index (χ1n) is 6.91. The molecule has 110 valence electrons. The van der Waals surface area contributed by atoms with Gasteiger partial charge in [-0.25, -0.2) is 0 Å². The minimum atomic E-state index is -0.251. The van der Waals surface area contributed by atoms with E-state index in [4.69, 9.17) is 0 Å². The number of rotatable bonds is 1. The molecular weight excluding hydrogens is 286 g/mol. The SMILES string of the molecule is CC1CSC(Nc2ccc3c(c2)C(=O)N(C)C3=O)=NC1C. The summed E-state index contributed by atoms with van der Waals surface area (Å²) in [5.74, 6) is 1.10. The van der Waals surface area contributed by atoms with E-state index >= 15 is 0 Å². The Hall–Kier alpha value is -1.82. The molecule has 1 N–H and O–H groups in total. The highest BCUT2D eigenvalue weighted by molar-refractivity contribution is 8.14. The fourth-order valence-corrected chi connectivity index (χ4v) is 3.46. The van der Waals surface area contributed by atoms with Crippen LogP contribution < -0.4 is 5.32 Å². The van der Waals surface area contributed by atoms with Crippen molar-refractivity contribution in [1.82, 2.24) is 4.90 Å². The third-order valence-corrected chi connectivity index (χ3v) is 5.14. The molecule has 2 aliphatic heterocycles. The van der Waals surface area contributed by atoms with Gasteiger partial charge in [0.15, 0.2) is 5.17 Å². The zero-order chi connectivity index (χ0) is 15.1. The number of anilines is 1. The van der Waals surface area contributed by atoms with Gasteiger partial charge in [0.2, 0.25) is 0 Å². The van der Waals surface area contributed by atoms with Gasteiger partial charge in [-0.3, -0.25) is 19.5 Å². The van der Waals surface area contributed by atoms with Crippen molar-refractivity contribution >= 4 is 34.4 Å². The van der Waals surface area contributed by atoms with Crippen LogP contribution in [0.3, 0.4) is 0 Å². The molecule has 1 aromatic rings. The summed E-state index contributed by atoms with van der Waals surface area (Å²) in [7, 11) is 1.50. The van der Waals surface area contributed by atoms with Crippen LogP contribution in [0.25, 0.3) is 0 Å². The molecule has 0 radical (unpaired) electrons. The molecular formula is C15H17N3O2S. The molecule has 0 fully saturated rings. The number of nitrogens with one attached hydrogen (secondary N) is 1. The third-order valence-electron chi connectivity index (χ3n) is 3.97. The van der Waals surface area contributed by atoms with Gasteiger partial charge >= 0.3 is 0 Å². The van der Waals surface area contributed by atoms with Crippen LogP contribution in [0, 0.1) is 5.92 Å². The van der Waals surface area contributed by atoms with Crippen molar-refractivity contribution in [3.8, 4) is 0 Å². The molecule has 2 heterocycles. The summed E-state index contributed by atoms with van der Waals surface area (Å²) in [5.41, 5.74) is 1.71. The molecule has 21 heavy (non-hydrogen) atoms. The van der Waals surface area contributed by atoms with E-state index in [1.54, 1.807) is 23.9 Å². The van der Waals surface area contributed by atoms with Crippen LogP contribution >= 0.6 is 11.8 Å². The fraction of sp³-hybridized carbons (Fsp3) is 0.400. The topological polar surface area (TPSA) is 61.8 Å². The minimum Gasteiger partial charge on any atom is -0.335 e. The highest BCUT2D eigenvalue weighted by Crippen LogP contribution is 2.27. The van der Waals surface area contributed by atoms with E-state index < -0.39 is 0 Å². The molecule has 0 aromatic heterocycles. The summed E-state index contributed by atoms with van der Waals surface area (Å²) in [6.45, 7) is 4.29. The molecule has 0 bridgehead atoms. The molecule has 0 aliphatic carbocycles. The first-order chi connectivity index (χ1) is 9.97. The Balaban J connectivity index is 1.85. The third kappa shape index (κ3) is 2.44. The van der Waals surface area contributed by atoms with Crippen molar-refractivity contribution in [2.75, 3.05) is 18.1 Å². The second-order valence-electron chi connectivity index (χ2n) is 5.52. The second-order valence-corrected chi connectivity index (χ2v) is 6.53. The number of amides is 2. The number of amidine groups is 1. The number of hydrogen-bond acceptors (Lipinski definition) is 5. The maximum Gasteiger partial charge on any atom is 0.261 e. The van der Waals surface area contributed by atoms with Crippen molar-refractivity contribution in [3.63, 3.8) is 0 Å². The van der Waals surface area contributed by atoms with Crippen molar-refractivity contribution in [2.24, 2.45) is 10.9 Å². The Labute approximate surface area is 127 Å². The number of fused-ring (bicyclic) bond motifs is 1. The van der Waals surface area contributed by atoms with Crippen molar-refractivity contribution in [2.45, 2.75) is 19.9 Å². The van der Waals surface area contributed by atoms with Gasteiger partial charge < -0.3 is 5.32 Å². The largest absolute Gasteiger partial charge is 0.335 e. The smallest absolute Gasteiger partial charge is 0.261 e.